The molecule has 0 radical (unpaired) electrons. The topological polar surface area (TPSA) is 68.3 Å². The molecule has 1 aromatic heterocycles. The van der Waals surface area contributed by atoms with E-state index in [1.54, 1.807) is 18.2 Å². The number of furan rings is 1. The van der Waals surface area contributed by atoms with Gasteiger partial charge in [0.2, 0.25) is 0 Å². The lowest BCUT2D eigenvalue weighted by molar-refractivity contribution is 0.0996. The van der Waals surface area contributed by atoms with Gasteiger partial charge in [0.1, 0.15) is 0 Å². The minimum atomic E-state index is -0.263. The molecule has 88 valence electrons. The molecule has 1 aromatic carbocycles. The molecule has 4 nitrogen and oxygen atoms in total. The molecule has 0 unspecified atom stereocenters. The Morgan fingerprint density at radius 3 is 2.71 bits per heavy atom. The fraction of sp³-hybridized carbons (Fsp3) is 0.154. The third-order valence-corrected chi connectivity index (χ3v) is 2.69. The van der Waals surface area contributed by atoms with Gasteiger partial charge in [0.15, 0.2) is 5.76 Å². The van der Waals surface area contributed by atoms with E-state index in [0.29, 0.717) is 17.1 Å². The van der Waals surface area contributed by atoms with E-state index in [9.17, 15) is 4.79 Å². The summed E-state index contributed by atoms with van der Waals surface area (Å²) < 4.78 is 5.13. The summed E-state index contributed by atoms with van der Waals surface area (Å²) in [6, 6.07) is 7.15. The Labute approximate surface area is 99.4 Å². The Kier molecular flexibility index (Phi) is 2.87. The van der Waals surface area contributed by atoms with Gasteiger partial charge in [0.25, 0.3) is 5.91 Å². The van der Waals surface area contributed by atoms with E-state index in [1.165, 1.54) is 6.26 Å². The van der Waals surface area contributed by atoms with Crippen LogP contribution in [0, 0.1) is 13.8 Å². The fourth-order valence-electron chi connectivity index (χ4n) is 1.57. The van der Waals surface area contributed by atoms with Crippen molar-refractivity contribution in [1.29, 1.82) is 0 Å². The Morgan fingerprint density at radius 2 is 2.06 bits per heavy atom. The number of benzene rings is 1. The number of hydrogen-bond donors (Lipinski definition) is 2. The van der Waals surface area contributed by atoms with E-state index in [1.807, 2.05) is 19.9 Å². The molecule has 0 aliphatic heterocycles. The van der Waals surface area contributed by atoms with Gasteiger partial charge in [0, 0.05) is 16.9 Å². The summed E-state index contributed by atoms with van der Waals surface area (Å²) in [5, 5.41) is 2.78. The van der Waals surface area contributed by atoms with Crippen molar-refractivity contribution in [2.45, 2.75) is 13.8 Å². The van der Waals surface area contributed by atoms with Gasteiger partial charge in [0.05, 0.1) is 6.26 Å². The molecule has 0 fully saturated rings. The van der Waals surface area contributed by atoms with Gasteiger partial charge in [-0.3, -0.25) is 4.79 Å². The van der Waals surface area contributed by atoms with Crippen molar-refractivity contribution in [2.75, 3.05) is 11.1 Å². The molecule has 3 N–H and O–H groups in total. The van der Waals surface area contributed by atoms with Crippen LogP contribution in [0.5, 0.6) is 0 Å². The van der Waals surface area contributed by atoms with Gasteiger partial charge in [-0.2, -0.15) is 0 Å². The summed E-state index contributed by atoms with van der Waals surface area (Å²) in [6.45, 7) is 3.69. The smallest absolute Gasteiger partial charge is 0.291 e. The van der Waals surface area contributed by atoms with Gasteiger partial charge in [-0.15, -0.1) is 0 Å². The molecule has 2 rings (SSSR count). The number of aryl methyl sites for hydroxylation is 1. The Morgan fingerprint density at radius 1 is 1.29 bits per heavy atom. The van der Waals surface area contributed by atoms with Crippen molar-refractivity contribution in [3.63, 3.8) is 0 Å². The largest absolute Gasteiger partial charge is 0.459 e. The molecule has 0 aliphatic rings. The van der Waals surface area contributed by atoms with E-state index < -0.39 is 0 Å². The Hall–Kier alpha value is -2.23. The fourth-order valence-corrected chi connectivity index (χ4v) is 1.57. The minimum Gasteiger partial charge on any atom is -0.459 e. The standard InChI is InChI=1S/C13H14N2O2/c1-8-6-7-17-12(8)13(16)15-11-5-3-4-10(14)9(11)2/h3-7H,14H2,1-2H3,(H,15,16). The summed E-state index contributed by atoms with van der Waals surface area (Å²) in [7, 11) is 0. The number of rotatable bonds is 2. The number of carbonyl (C=O) groups excluding carboxylic acids is 1. The first-order valence-electron chi connectivity index (χ1n) is 5.30. The molecule has 17 heavy (non-hydrogen) atoms. The van der Waals surface area contributed by atoms with Crippen LogP contribution in [0.2, 0.25) is 0 Å². The molecule has 0 spiro atoms. The third-order valence-electron chi connectivity index (χ3n) is 2.69. The van der Waals surface area contributed by atoms with Crippen molar-refractivity contribution < 1.29 is 9.21 Å². The number of nitrogens with two attached hydrogens (primary N) is 1. The van der Waals surface area contributed by atoms with Crippen molar-refractivity contribution in [3.8, 4) is 0 Å². The molecule has 0 saturated heterocycles. The zero-order chi connectivity index (χ0) is 12.4. The number of nitrogens with one attached hydrogen (secondary N) is 1. The van der Waals surface area contributed by atoms with Crippen molar-refractivity contribution in [1.82, 2.24) is 0 Å². The average Bonchev–Trinajstić information content (AvgIpc) is 2.71. The first kappa shape index (κ1) is 11.3. The maximum atomic E-state index is 11.9. The van der Waals surface area contributed by atoms with Gasteiger partial charge in [-0.1, -0.05) is 6.07 Å². The second kappa shape index (κ2) is 4.33. The molecule has 0 bridgehead atoms. The van der Waals surface area contributed by atoms with Gasteiger partial charge in [-0.25, -0.2) is 0 Å². The second-order valence-electron chi connectivity index (χ2n) is 3.91. The molecule has 0 aliphatic carbocycles. The molecule has 0 atom stereocenters. The lowest BCUT2D eigenvalue weighted by atomic mass is 10.1. The molecule has 0 saturated carbocycles. The molecular formula is C13H14N2O2. The predicted octanol–water partition coefficient (Wildman–Crippen LogP) is 2.73. The zero-order valence-electron chi connectivity index (χ0n) is 9.78. The number of hydrogen-bond acceptors (Lipinski definition) is 3. The highest BCUT2D eigenvalue weighted by molar-refractivity contribution is 6.03. The highest BCUT2D eigenvalue weighted by Crippen LogP contribution is 2.21. The van der Waals surface area contributed by atoms with Crippen molar-refractivity contribution in [2.24, 2.45) is 0 Å². The average molecular weight is 230 g/mol. The summed E-state index contributed by atoms with van der Waals surface area (Å²) in [5.74, 6) is 0.0630. The maximum absolute atomic E-state index is 11.9. The van der Waals surface area contributed by atoms with E-state index in [4.69, 9.17) is 10.2 Å². The van der Waals surface area contributed by atoms with Crippen molar-refractivity contribution >= 4 is 17.3 Å². The van der Waals surface area contributed by atoms with E-state index in [0.717, 1.165) is 11.1 Å². The summed E-state index contributed by atoms with van der Waals surface area (Å²) in [5.41, 5.74) is 8.78. The van der Waals surface area contributed by atoms with Crippen LogP contribution in [0.15, 0.2) is 34.9 Å². The third kappa shape index (κ3) is 2.15. The lowest BCUT2D eigenvalue weighted by Crippen LogP contribution is -2.13. The number of carbonyl (C=O) groups is 1. The normalized spacial score (nSPS) is 10.2. The van der Waals surface area contributed by atoms with Crippen LogP contribution in [-0.2, 0) is 0 Å². The van der Waals surface area contributed by atoms with Crippen LogP contribution in [0.4, 0.5) is 11.4 Å². The Bertz CT molecular complexity index is 558. The first-order chi connectivity index (χ1) is 8.09. The van der Waals surface area contributed by atoms with E-state index in [2.05, 4.69) is 5.32 Å². The summed E-state index contributed by atoms with van der Waals surface area (Å²) in [6.07, 6.45) is 1.50. The van der Waals surface area contributed by atoms with Crippen LogP contribution >= 0.6 is 0 Å². The van der Waals surface area contributed by atoms with Crippen molar-refractivity contribution in [3.05, 3.63) is 47.4 Å². The molecular weight excluding hydrogens is 216 g/mol. The highest BCUT2D eigenvalue weighted by Gasteiger charge is 2.13. The maximum Gasteiger partial charge on any atom is 0.291 e. The van der Waals surface area contributed by atoms with Crippen LogP contribution < -0.4 is 11.1 Å². The zero-order valence-corrected chi connectivity index (χ0v) is 9.78. The van der Waals surface area contributed by atoms with E-state index in [-0.39, 0.29) is 5.91 Å². The molecule has 2 aromatic rings. The SMILES string of the molecule is Cc1ccoc1C(=O)Nc1cccc(N)c1C. The van der Waals surface area contributed by atoms with Gasteiger partial charge in [-0.05, 0) is 37.6 Å². The van der Waals surface area contributed by atoms with Gasteiger partial charge >= 0.3 is 0 Å². The van der Waals surface area contributed by atoms with Crippen LogP contribution in [0.1, 0.15) is 21.7 Å². The van der Waals surface area contributed by atoms with Crippen LogP contribution in [0.3, 0.4) is 0 Å². The van der Waals surface area contributed by atoms with Crippen LogP contribution in [0.25, 0.3) is 0 Å². The van der Waals surface area contributed by atoms with E-state index >= 15 is 0 Å². The second-order valence-corrected chi connectivity index (χ2v) is 3.91. The number of nitrogen functional groups attached to an aromatic ring is 1. The monoisotopic (exact) mass is 230 g/mol. The van der Waals surface area contributed by atoms with Gasteiger partial charge < -0.3 is 15.5 Å². The minimum absolute atomic E-state index is 0.263. The summed E-state index contributed by atoms with van der Waals surface area (Å²) >= 11 is 0. The Balaban J connectivity index is 2.25. The quantitative estimate of drug-likeness (QED) is 0.779. The number of anilines is 2. The molecule has 1 heterocycles. The lowest BCUT2D eigenvalue weighted by Gasteiger charge is -2.09. The molecule has 4 heteroatoms. The number of amides is 1. The summed E-state index contributed by atoms with van der Waals surface area (Å²) in [4.78, 5) is 11.9. The predicted molar refractivity (Wildman–Crippen MR) is 67.0 cm³/mol. The highest BCUT2D eigenvalue weighted by atomic mass is 16.3. The first-order valence-corrected chi connectivity index (χ1v) is 5.30. The van der Waals surface area contributed by atoms with Crippen LogP contribution in [-0.4, -0.2) is 5.91 Å². The molecule has 1 amide bonds.